The van der Waals surface area contributed by atoms with Crippen LogP contribution in [0.25, 0.3) is 0 Å². The second-order valence-corrected chi connectivity index (χ2v) is 10.3. The number of guanidine groups is 1. The minimum atomic E-state index is -0.920. The number of benzene rings is 1. The lowest BCUT2D eigenvalue weighted by Crippen LogP contribution is -2.41. The van der Waals surface area contributed by atoms with Gasteiger partial charge in [0.2, 0.25) is 0 Å². The molecule has 1 saturated carbocycles. The second kappa shape index (κ2) is 9.53. The number of hydrogen-bond acceptors (Lipinski definition) is 3. The molecular weight excluding hydrogens is 365 g/mol. The summed E-state index contributed by atoms with van der Waals surface area (Å²) in [4.78, 5) is 4.19. The van der Waals surface area contributed by atoms with Gasteiger partial charge in [0, 0.05) is 34.9 Å². The first-order chi connectivity index (χ1) is 12.7. The molecule has 0 spiro atoms. The minimum absolute atomic E-state index is 0.128. The molecule has 2 rings (SSSR count). The van der Waals surface area contributed by atoms with E-state index in [0.717, 1.165) is 5.56 Å². The lowest BCUT2D eigenvalue weighted by atomic mass is 10.1. The molecule has 5 nitrogen and oxygen atoms in total. The minimum Gasteiger partial charge on any atom is -0.490 e. The third-order valence-corrected chi connectivity index (χ3v) is 6.41. The van der Waals surface area contributed by atoms with E-state index >= 15 is 0 Å². The second-order valence-electron chi connectivity index (χ2n) is 7.97. The Bertz CT molecular complexity index is 684. The van der Waals surface area contributed by atoms with Crippen molar-refractivity contribution in [1.82, 2.24) is 10.6 Å². The van der Waals surface area contributed by atoms with Crippen LogP contribution in [0.3, 0.4) is 0 Å². The van der Waals surface area contributed by atoms with E-state index in [2.05, 4.69) is 15.6 Å². The van der Waals surface area contributed by atoms with Crippen LogP contribution in [0.2, 0.25) is 0 Å². The Balaban J connectivity index is 1.85. The van der Waals surface area contributed by atoms with E-state index in [1.165, 1.54) is 18.9 Å². The summed E-state index contributed by atoms with van der Waals surface area (Å²) in [6, 6.07) is 4.93. The maximum Gasteiger partial charge on any atom is 0.191 e. The Morgan fingerprint density at radius 3 is 2.67 bits per heavy atom. The van der Waals surface area contributed by atoms with E-state index in [1.807, 2.05) is 33.8 Å². The highest BCUT2D eigenvalue weighted by molar-refractivity contribution is 7.86. The van der Waals surface area contributed by atoms with Gasteiger partial charge in [-0.05, 0) is 64.2 Å². The maximum atomic E-state index is 14.3. The summed E-state index contributed by atoms with van der Waals surface area (Å²) in [6.45, 7) is 8.98. The summed E-state index contributed by atoms with van der Waals surface area (Å²) in [5.41, 5.74) is 0.812. The van der Waals surface area contributed by atoms with Crippen molar-refractivity contribution in [3.63, 3.8) is 0 Å². The van der Waals surface area contributed by atoms with Crippen molar-refractivity contribution < 1.29 is 13.3 Å². The lowest BCUT2D eigenvalue weighted by Gasteiger charge is -2.21. The van der Waals surface area contributed by atoms with Crippen molar-refractivity contribution in [3.05, 3.63) is 29.6 Å². The molecule has 1 aliphatic carbocycles. The Morgan fingerprint density at radius 1 is 1.41 bits per heavy atom. The van der Waals surface area contributed by atoms with Crippen LogP contribution in [-0.4, -0.2) is 40.9 Å². The summed E-state index contributed by atoms with van der Waals surface area (Å²) >= 11 is 0. The highest BCUT2D eigenvalue weighted by atomic mass is 32.2. The Hall–Kier alpha value is -1.63. The zero-order valence-corrected chi connectivity index (χ0v) is 17.8. The van der Waals surface area contributed by atoms with Crippen molar-refractivity contribution in [2.24, 2.45) is 10.9 Å². The Labute approximate surface area is 164 Å². The van der Waals surface area contributed by atoms with Gasteiger partial charge in [0.05, 0.1) is 12.6 Å². The van der Waals surface area contributed by atoms with E-state index in [-0.39, 0.29) is 16.6 Å². The van der Waals surface area contributed by atoms with Crippen molar-refractivity contribution in [1.29, 1.82) is 0 Å². The molecule has 2 atom stereocenters. The zero-order chi connectivity index (χ0) is 20.0. The van der Waals surface area contributed by atoms with Crippen molar-refractivity contribution in [3.8, 4) is 5.75 Å². The summed E-state index contributed by atoms with van der Waals surface area (Å²) in [5.74, 6) is 1.70. The topological polar surface area (TPSA) is 62.7 Å². The van der Waals surface area contributed by atoms with Gasteiger partial charge in [-0.2, -0.15) is 0 Å². The van der Waals surface area contributed by atoms with E-state index < -0.39 is 10.8 Å². The van der Waals surface area contributed by atoms with Gasteiger partial charge in [0.15, 0.2) is 17.5 Å². The molecule has 0 aromatic heterocycles. The smallest absolute Gasteiger partial charge is 0.191 e. The average Bonchev–Trinajstić information content (AvgIpc) is 3.43. The Kier molecular flexibility index (Phi) is 7.65. The summed E-state index contributed by atoms with van der Waals surface area (Å²) in [7, 11) is 0.759. The molecule has 2 unspecified atom stereocenters. The molecule has 0 amide bonds. The van der Waals surface area contributed by atoms with Crippen LogP contribution in [0.15, 0.2) is 23.2 Å². The predicted molar refractivity (Wildman–Crippen MR) is 110 cm³/mol. The van der Waals surface area contributed by atoms with Crippen LogP contribution in [-0.2, 0) is 10.8 Å². The van der Waals surface area contributed by atoms with E-state index in [9.17, 15) is 8.60 Å². The number of aliphatic imine (C=N–C) groups is 1. The summed E-state index contributed by atoms with van der Waals surface area (Å²) in [5, 5.41) is 6.40. The first-order valence-electron chi connectivity index (χ1n) is 9.48. The summed E-state index contributed by atoms with van der Waals surface area (Å²) in [6.07, 6.45) is 2.35. The van der Waals surface area contributed by atoms with Gasteiger partial charge in [-0.15, -0.1) is 0 Å². The van der Waals surface area contributed by atoms with E-state index in [4.69, 9.17) is 4.74 Å². The fourth-order valence-corrected chi connectivity index (χ4v) is 3.35. The zero-order valence-electron chi connectivity index (χ0n) is 17.0. The molecule has 0 bridgehead atoms. The van der Waals surface area contributed by atoms with Gasteiger partial charge < -0.3 is 15.4 Å². The van der Waals surface area contributed by atoms with Crippen molar-refractivity contribution in [2.45, 2.75) is 51.3 Å². The van der Waals surface area contributed by atoms with Gasteiger partial charge in [-0.1, -0.05) is 6.07 Å². The number of nitrogens with one attached hydrogen (secondary N) is 2. The highest BCUT2D eigenvalue weighted by Crippen LogP contribution is 2.30. The third-order valence-electron chi connectivity index (χ3n) is 4.47. The van der Waals surface area contributed by atoms with Gasteiger partial charge in [0.1, 0.15) is 0 Å². The quantitative estimate of drug-likeness (QED) is 0.521. The van der Waals surface area contributed by atoms with Crippen LogP contribution in [0.5, 0.6) is 5.75 Å². The molecule has 0 heterocycles. The molecule has 1 aromatic rings. The molecule has 1 fully saturated rings. The number of ether oxygens (including phenoxy) is 1. The fourth-order valence-electron chi connectivity index (χ4n) is 2.45. The molecule has 0 radical (unpaired) electrons. The molecule has 152 valence electrons. The molecule has 1 aromatic carbocycles. The van der Waals surface area contributed by atoms with Crippen LogP contribution >= 0.6 is 0 Å². The standard InChI is InChI=1S/C20H32FN3O2S/c1-14(24-19(22-5)23-10-11-27(25)20(2,3)4)16-8-9-18(17(21)12-16)26-13-15-6-7-15/h8-9,12,14-15H,6-7,10-11,13H2,1-5H3,(H2,22,23,24). The molecule has 0 aliphatic heterocycles. The monoisotopic (exact) mass is 397 g/mol. The Morgan fingerprint density at radius 2 is 2.11 bits per heavy atom. The maximum absolute atomic E-state index is 14.3. The number of rotatable bonds is 8. The first-order valence-corrected chi connectivity index (χ1v) is 10.8. The largest absolute Gasteiger partial charge is 0.490 e. The number of nitrogens with zero attached hydrogens (tertiary/aromatic N) is 1. The highest BCUT2D eigenvalue weighted by Gasteiger charge is 2.23. The molecule has 7 heteroatoms. The van der Waals surface area contributed by atoms with Crippen molar-refractivity contribution in [2.75, 3.05) is 26.0 Å². The molecule has 0 saturated heterocycles. The summed E-state index contributed by atoms with van der Waals surface area (Å²) < 4.78 is 31.7. The third kappa shape index (κ3) is 7.13. The SMILES string of the molecule is CN=C(NCCS(=O)C(C)(C)C)NC(C)c1ccc(OCC2CC2)c(F)c1. The van der Waals surface area contributed by atoms with Gasteiger partial charge >= 0.3 is 0 Å². The molecule has 2 N–H and O–H groups in total. The molecular formula is C20H32FN3O2S. The predicted octanol–water partition coefficient (Wildman–Crippen LogP) is 3.39. The fraction of sp³-hybridized carbons (Fsp3) is 0.650. The van der Waals surface area contributed by atoms with Gasteiger partial charge in [-0.25, -0.2) is 4.39 Å². The van der Waals surface area contributed by atoms with E-state index in [1.54, 1.807) is 13.1 Å². The number of halogens is 1. The van der Waals surface area contributed by atoms with Crippen LogP contribution in [0.1, 0.15) is 52.1 Å². The number of hydrogen-bond donors (Lipinski definition) is 2. The van der Waals surface area contributed by atoms with Gasteiger partial charge in [0.25, 0.3) is 0 Å². The normalized spacial score (nSPS) is 17.3. The van der Waals surface area contributed by atoms with Gasteiger partial charge in [-0.3, -0.25) is 9.20 Å². The molecule has 27 heavy (non-hydrogen) atoms. The van der Waals surface area contributed by atoms with Crippen molar-refractivity contribution >= 4 is 16.8 Å². The van der Waals surface area contributed by atoms with E-state index in [0.29, 0.717) is 36.5 Å². The van der Waals surface area contributed by atoms with Crippen LogP contribution in [0, 0.1) is 11.7 Å². The lowest BCUT2D eigenvalue weighted by molar-refractivity contribution is 0.285. The average molecular weight is 398 g/mol. The first kappa shape index (κ1) is 21.7. The molecule has 1 aliphatic rings. The van der Waals surface area contributed by atoms with Crippen LogP contribution < -0.4 is 15.4 Å². The van der Waals surface area contributed by atoms with Crippen LogP contribution in [0.4, 0.5) is 4.39 Å².